The maximum absolute atomic E-state index is 9.38. The van der Waals surface area contributed by atoms with Gasteiger partial charge in [0.25, 0.3) is 0 Å². The van der Waals surface area contributed by atoms with Crippen LogP contribution in [0.5, 0.6) is 0 Å². The van der Waals surface area contributed by atoms with Crippen LogP contribution in [0, 0.1) is 11.8 Å². The quantitative estimate of drug-likeness (QED) is 0.0821. The molecule has 0 amide bonds. The van der Waals surface area contributed by atoms with Crippen LogP contribution in [-0.2, 0) is 11.0 Å². The minimum atomic E-state index is -1.91. The number of anilines is 1. The monoisotopic (exact) mass is 585 g/mol. The number of rotatable bonds is 9. The predicted octanol–water partition coefficient (Wildman–Crippen LogP) is 6.89. The minimum absolute atomic E-state index is 0.0159. The Morgan fingerprint density at radius 1 is 1.23 bits per heavy atom. The molecule has 4 N–H and O–H groups in total. The van der Waals surface area contributed by atoms with E-state index in [4.69, 9.17) is 31.7 Å². The lowest BCUT2D eigenvalue weighted by atomic mass is 9.83. The molecule has 1 aliphatic carbocycles. The van der Waals surface area contributed by atoms with Crippen molar-refractivity contribution in [3.05, 3.63) is 35.1 Å². The number of oxime groups is 1. The van der Waals surface area contributed by atoms with Crippen LogP contribution < -0.4 is 11.1 Å². The zero-order chi connectivity index (χ0) is 29.2. The van der Waals surface area contributed by atoms with Crippen LogP contribution in [-0.4, -0.2) is 51.5 Å². The van der Waals surface area contributed by atoms with Crippen molar-refractivity contribution < 1.29 is 9.63 Å². The molecule has 1 saturated carbocycles. The molecule has 2 heterocycles. The van der Waals surface area contributed by atoms with Crippen molar-refractivity contribution in [1.82, 2.24) is 19.5 Å². The first-order valence-corrected chi connectivity index (χ1v) is 17.5. The number of nitrogens with two attached hydrogens (primary N) is 1. The third-order valence-electron chi connectivity index (χ3n) is 8.49. The van der Waals surface area contributed by atoms with Crippen molar-refractivity contribution >= 4 is 42.9 Å². The number of imidazole rings is 1. The molecule has 40 heavy (non-hydrogen) atoms. The van der Waals surface area contributed by atoms with E-state index in [1.165, 1.54) is 25.7 Å². The first kappa shape index (κ1) is 30.3. The molecule has 3 aromatic rings. The zero-order valence-electron chi connectivity index (χ0n) is 24.8. The third-order valence-corrected chi connectivity index (χ3v) is 13.2. The minimum Gasteiger partial charge on any atom is -0.415 e. The number of nitrogens with zero attached hydrogens (tertiary/aromatic N) is 5. The smallest absolute Gasteiger partial charge is 0.208 e. The van der Waals surface area contributed by atoms with Gasteiger partial charge in [-0.15, -0.1) is 0 Å². The number of nitrogens with one attached hydrogen (secondary N) is 1. The fourth-order valence-electron chi connectivity index (χ4n) is 4.90. The normalized spacial score (nSPS) is 19.6. The van der Waals surface area contributed by atoms with E-state index in [1.54, 1.807) is 0 Å². The predicted molar refractivity (Wildman–Crippen MR) is 166 cm³/mol. The molecule has 0 aliphatic heterocycles. The Morgan fingerprint density at radius 3 is 2.55 bits per heavy atom. The molecule has 1 atom stereocenters. The summed E-state index contributed by atoms with van der Waals surface area (Å²) in [5.41, 5.74) is 8.69. The molecular formula is C29H44ClN7O2Si. The van der Waals surface area contributed by atoms with E-state index < -0.39 is 8.32 Å². The maximum Gasteiger partial charge on any atom is 0.208 e. The van der Waals surface area contributed by atoms with Crippen molar-refractivity contribution in [3.63, 3.8) is 0 Å². The Morgan fingerprint density at radius 2 is 1.93 bits per heavy atom. The van der Waals surface area contributed by atoms with Gasteiger partial charge in [-0.3, -0.25) is 0 Å². The van der Waals surface area contributed by atoms with Gasteiger partial charge in [0.15, 0.2) is 14.0 Å². The van der Waals surface area contributed by atoms with E-state index in [2.05, 4.69) is 67.7 Å². The summed E-state index contributed by atoms with van der Waals surface area (Å²) in [7, 11) is -1.91. The molecule has 11 heteroatoms. The maximum atomic E-state index is 9.38. The van der Waals surface area contributed by atoms with E-state index in [0.717, 1.165) is 23.5 Å². The topological polar surface area (TPSA) is 123 Å². The molecule has 0 saturated heterocycles. The lowest BCUT2D eigenvalue weighted by Gasteiger charge is -2.37. The molecule has 9 nitrogen and oxygen atoms in total. The van der Waals surface area contributed by atoms with Crippen LogP contribution in [0.3, 0.4) is 0 Å². The van der Waals surface area contributed by atoms with Gasteiger partial charge >= 0.3 is 0 Å². The Balaban J connectivity index is 1.80. The Labute approximate surface area is 243 Å². The molecule has 1 aromatic carbocycles. The third kappa shape index (κ3) is 6.78. The van der Waals surface area contributed by atoms with Crippen LogP contribution in [0.2, 0.25) is 23.2 Å². The average molecular weight is 586 g/mol. The highest BCUT2D eigenvalue weighted by atomic mass is 35.5. The molecule has 4 rings (SSSR count). The van der Waals surface area contributed by atoms with Crippen molar-refractivity contribution in [2.75, 3.05) is 11.9 Å². The van der Waals surface area contributed by atoms with Crippen LogP contribution in [0.25, 0.3) is 22.4 Å². The SMILES string of the molecule is CC1CCC(Cn2c(NC(C)CO[Si](C)(C)C(C)(C)C)nc3nc(C(N)=NO)nc(-c4cccc(Cl)c4)c32)CC1. The fraction of sp³-hybridized carbons (Fsp3) is 0.586. The van der Waals surface area contributed by atoms with Gasteiger partial charge in [0.05, 0.1) is 6.61 Å². The van der Waals surface area contributed by atoms with E-state index in [0.29, 0.717) is 34.8 Å². The number of fused-ring (bicyclic) bond motifs is 1. The highest BCUT2D eigenvalue weighted by Gasteiger charge is 2.37. The van der Waals surface area contributed by atoms with Gasteiger partial charge < -0.3 is 25.3 Å². The first-order valence-electron chi connectivity index (χ1n) is 14.2. The molecule has 218 valence electrons. The van der Waals surface area contributed by atoms with Crippen molar-refractivity contribution in [2.45, 2.75) is 91.0 Å². The van der Waals surface area contributed by atoms with Crippen LogP contribution in [0.4, 0.5) is 5.95 Å². The van der Waals surface area contributed by atoms with E-state index in [9.17, 15) is 5.21 Å². The zero-order valence-corrected chi connectivity index (χ0v) is 26.6. The molecule has 0 spiro atoms. The summed E-state index contributed by atoms with van der Waals surface area (Å²) in [4.78, 5) is 14.3. The molecule has 1 unspecified atom stereocenters. The molecule has 0 radical (unpaired) electrons. The van der Waals surface area contributed by atoms with Crippen molar-refractivity contribution in [1.29, 1.82) is 0 Å². The second-order valence-corrected chi connectivity index (χ2v) is 18.1. The summed E-state index contributed by atoms with van der Waals surface area (Å²) in [5.74, 6) is 1.93. The number of benzene rings is 1. The molecule has 0 bridgehead atoms. The van der Waals surface area contributed by atoms with Gasteiger partial charge in [0.1, 0.15) is 11.2 Å². The second-order valence-electron chi connectivity index (χ2n) is 12.9. The van der Waals surface area contributed by atoms with Crippen molar-refractivity contribution in [2.24, 2.45) is 22.7 Å². The van der Waals surface area contributed by atoms with E-state index in [1.807, 2.05) is 24.3 Å². The van der Waals surface area contributed by atoms with E-state index >= 15 is 0 Å². The molecular weight excluding hydrogens is 542 g/mol. The number of aromatic nitrogens is 4. The number of hydrogen-bond acceptors (Lipinski definition) is 7. The summed E-state index contributed by atoms with van der Waals surface area (Å²) in [5, 5.41) is 16.9. The fourth-order valence-corrected chi connectivity index (χ4v) is 6.19. The lowest BCUT2D eigenvalue weighted by molar-refractivity contribution is 0.265. The number of amidine groups is 1. The van der Waals surface area contributed by atoms with Gasteiger partial charge in [-0.1, -0.05) is 69.4 Å². The largest absolute Gasteiger partial charge is 0.415 e. The number of hydrogen-bond donors (Lipinski definition) is 3. The molecule has 1 fully saturated rings. The van der Waals surface area contributed by atoms with Gasteiger partial charge in [-0.05, 0) is 61.9 Å². The van der Waals surface area contributed by atoms with Gasteiger partial charge in [0, 0.05) is 23.2 Å². The van der Waals surface area contributed by atoms with Gasteiger partial charge in [0.2, 0.25) is 17.6 Å². The summed E-state index contributed by atoms with van der Waals surface area (Å²) in [6.07, 6.45) is 4.78. The van der Waals surface area contributed by atoms with Crippen molar-refractivity contribution in [3.8, 4) is 11.3 Å². The van der Waals surface area contributed by atoms with E-state index in [-0.39, 0.29) is 22.7 Å². The summed E-state index contributed by atoms with van der Waals surface area (Å²) >= 11 is 6.38. The Hall–Kier alpha value is -2.69. The second kappa shape index (κ2) is 12.0. The highest BCUT2D eigenvalue weighted by molar-refractivity contribution is 6.74. The first-order chi connectivity index (χ1) is 18.8. The molecule has 2 aromatic heterocycles. The summed E-state index contributed by atoms with van der Waals surface area (Å²) in [6, 6.07) is 7.54. The number of halogens is 1. The average Bonchev–Trinajstić information content (AvgIpc) is 3.23. The van der Waals surface area contributed by atoms with Crippen LogP contribution in [0.15, 0.2) is 29.4 Å². The standard InChI is InChI=1S/C29H44ClN7O2Si/c1-18-11-13-20(14-12-18)16-37-24-23(21-9-8-10-22(30)15-21)33-27(25(31)36-38)34-26(24)35-28(37)32-19(2)17-39-40(6,7)29(3,4)5/h8-10,15,18-20,38H,11-14,16-17H2,1-7H3,(H2,31,36)(H,32,33,34,35). The van der Waals surface area contributed by atoms with Crippen LogP contribution >= 0.6 is 11.6 Å². The lowest BCUT2D eigenvalue weighted by Crippen LogP contribution is -2.43. The molecule has 1 aliphatic rings. The Kier molecular flexibility index (Phi) is 9.11. The summed E-state index contributed by atoms with van der Waals surface area (Å²) < 4.78 is 8.73. The highest BCUT2D eigenvalue weighted by Crippen LogP contribution is 2.37. The van der Waals surface area contributed by atoms with Gasteiger partial charge in [-0.25, -0.2) is 9.97 Å². The van der Waals surface area contributed by atoms with Crippen LogP contribution in [0.1, 0.15) is 66.1 Å². The Bertz CT molecular complexity index is 1360. The summed E-state index contributed by atoms with van der Waals surface area (Å²) in [6.45, 7) is 17.1. The van der Waals surface area contributed by atoms with Gasteiger partial charge in [-0.2, -0.15) is 4.98 Å².